The van der Waals surface area contributed by atoms with Crippen LogP contribution in [0, 0.1) is 5.41 Å². The Bertz CT molecular complexity index is 302. The number of rotatable bonds is 3. The van der Waals surface area contributed by atoms with E-state index in [1.807, 2.05) is 0 Å². The molecule has 13 heavy (non-hydrogen) atoms. The third-order valence-corrected chi connectivity index (χ3v) is 3.69. The van der Waals surface area contributed by atoms with Gasteiger partial charge in [-0.3, -0.25) is 4.79 Å². The summed E-state index contributed by atoms with van der Waals surface area (Å²) in [6, 6.07) is 0. The lowest BCUT2D eigenvalue weighted by atomic mass is 9.89. The molecule has 0 aromatic heterocycles. The molecule has 6 heteroatoms. The predicted octanol–water partition coefficient (Wildman–Crippen LogP) is 1.20. The summed E-state index contributed by atoms with van der Waals surface area (Å²) in [6.45, 7) is 0. The Labute approximate surface area is 81.3 Å². The molecule has 0 unspecified atom stereocenters. The van der Waals surface area contributed by atoms with E-state index in [1.165, 1.54) is 0 Å². The van der Waals surface area contributed by atoms with E-state index < -0.39 is 26.2 Å². The van der Waals surface area contributed by atoms with Crippen LogP contribution in [0.5, 0.6) is 0 Å². The lowest BCUT2D eigenvalue weighted by Crippen LogP contribution is -2.34. The number of aliphatic carboxylic acids is 1. The maximum Gasteiger partial charge on any atom is 0.310 e. The van der Waals surface area contributed by atoms with E-state index in [-0.39, 0.29) is 0 Å². The summed E-state index contributed by atoms with van der Waals surface area (Å²) in [7, 11) is 1.34. The van der Waals surface area contributed by atoms with Crippen LogP contribution in [0.2, 0.25) is 0 Å². The summed E-state index contributed by atoms with van der Waals surface area (Å²) < 4.78 is 21.6. The third kappa shape index (κ3) is 2.57. The second-order valence-corrected chi connectivity index (χ2v) is 6.25. The molecule has 1 rings (SSSR count). The summed E-state index contributed by atoms with van der Waals surface area (Å²) >= 11 is 0. The first-order valence-electron chi connectivity index (χ1n) is 4.01. The number of carbonyl (C=O) groups is 1. The maximum absolute atomic E-state index is 10.9. The minimum Gasteiger partial charge on any atom is -0.481 e. The van der Waals surface area contributed by atoms with Crippen molar-refractivity contribution in [2.75, 3.05) is 5.75 Å². The van der Waals surface area contributed by atoms with Gasteiger partial charge in [0.2, 0.25) is 9.05 Å². The van der Waals surface area contributed by atoms with Crippen LogP contribution in [-0.2, 0) is 13.8 Å². The highest BCUT2D eigenvalue weighted by Crippen LogP contribution is 2.40. The molecule has 1 N–H and O–H groups in total. The van der Waals surface area contributed by atoms with Crippen molar-refractivity contribution < 1.29 is 18.3 Å². The van der Waals surface area contributed by atoms with Crippen LogP contribution in [0.15, 0.2) is 0 Å². The Morgan fingerprint density at radius 2 is 1.85 bits per heavy atom. The van der Waals surface area contributed by atoms with Crippen molar-refractivity contribution in [3.05, 3.63) is 0 Å². The minimum atomic E-state index is -3.72. The second-order valence-electron chi connectivity index (χ2n) is 3.48. The minimum absolute atomic E-state index is 0.411. The van der Waals surface area contributed by atoms with Gasteiger partial charge in [-0.05, 0) is 12.8 Å². The van der Waals surface area contributed by atoms with E-state index in [0.717, 1.165) is 12.8 Å². The largest absolute Gasteiger partial charge is 0.481 e. The lowest BCUT2D eigenvalue weighted by Gasteiger charge is -2.21. The molecule has 0 aliphatic heterocycles. The molecule has 0 atom stereocenters. The van der Waals surface area contributed by atoms with Crippen LogP contribution >= 0.6 is 10.7 Å². The molecule has 0 amide bonds. The first kappa shape index (κ1) is 10.8. The summed E-state index contributed by atoms with van der Waals surface area (Å²) in [5.41, 5.74) is -1.12. The first-order chi connectivity index (χ1) is 5.86. The average Bonchev–Trinajstić information content (AvgIpc) is 2.33. The Morgan fingerprint density at radius 1 is 1.38 bits per heavy atom. The van der Waals surface area contributed by atoms with Crippen molar-refractivity contribution in [3.8, 4) is 0 Å². The molecule has 0 spiro atoms. The van der Waals surface area contributed by atoms with E-state index in [4.69, 9.17) is 15.8 Å². The summed E-state index contributed by atoms with van der Waals surface area (Å²) in [5, 5.41) is 8.90. The van der Waals surface area contributed by atoms with Crippen LogP contribution in [0.3, 0.4) is 0 Å². The van der Waals surface area contributed by atoms with Crippen molar-refractivity contribution in [1.82, 2.24) is 0 Å². The number of halogens is 1. The highest BCUT2D eigenvalue weighted by molar-refractivity contribution is 8.13. The number of carboxylic acid groups (broad SMARTS) is 1. The highest BCUT2D eigenvalue weighted by Gasteiger charge is 2.44. The van der Waals surface area contributed by atoms with Gasteiger partial charge in [0.1, 0.15) is 0 Å². The molecule has 1 fully saturated rings. The molecule has 1 aliphatic rings. The van der Waals surface area contributed by atoms with E-state index in [1.54, 1.807) is 0 Å². The van der Waals surface area contributed by atoms with Gasteiger partial charge in [0.05, 0.1) is 11.2 Å². The van der Waals surface area contributed by atoms with Crippen LogP contribution in [0.1, 0.15) is 25.7 Å². The topological polar surface area (TPSA) is 71.4 Å². The standard InChI is InChI=1S/C7H11ClO4S/c8-13(11,12)5-7(6(9)10)3-1-2-4-7/h1-5H2,(H,9,10). The van der Waals surface area contributed by atoms with Crippen molar-refractivity contribution >= 4 is 25.7 Å². The molecule has 0 aromatic carbocycles. The molecule has 0 aromatic rings. The molecule has 4 nitrogen and oxygen atoms in total. The summed E-state index contributed by atoms with van der Waals surface area (Å²) in [5.74, 6) is -1.49. The van der Waals surface area contributed by atoms with Crippen molar-refractivity contribution in [1.29, 1.82) is 0 Å². The molecule has 0 heterocycles. The fraction of sp³-hybridized carbons (Fsp3) is 0.857. The van der Waals surface area contributed by atoms with E-state index >= 15 is 0 Å². The smallest absolute Gasteiger partial charge is 0.310 e. The van der Waals surface area contributed by atoms with Gasteiger partial charge in [-0.25, -0.2) is 8.42 Å². The lowest BCUT2D eigenvalue weighted by molar-refractivity contribution is -0.147. The van der Waals surface area contributed by atoms with Gasteiger partial charge in [-0.2, -0.15) is 0 Å². The fourth-order valence-electron chi connectivity index (χ4n) is 1.80. The van der Waals surface area contributed by atoms with E-state index in [9.17, 15) is 13.2 Å². The average molecular weight is 227 g/mol. The number of hydrogen-bond donors (Lipinski definition) is 1. The van der Waals surface area contributed by atoms with Gasteiger partial charge in [0.15, 0.2) is 0 Å². The van der Waals surface area contributed by atoms with Gasteiger partial charge >= 0.3 is 5.97 Å². The Kier molecular flexibility index (Phi) is 2.87. The fourth-order valence-corrected chi connectivity index (χ4v) is 3.50. The molecule has 0 bridgehead atoms. The van der Waals surface area contributed by atoms with Gasteiger partial charge in [0, 0.05) is 10.7 Å². The molecular formula is C7H11ClO4S. The molecule has 76 valence electrons. The normalized spacial score (nSPS) is 21.6. The first-order valence-corrected chi connectivity index (χ1v) is 6.49. The highest BCUT2D eigenvalue weighted by atomic mass is 35.7. The van der Waals surface area contributed by atoms with Crippen molar-refractivity contribution in [3.63, 3.8) is 0 Å². The number of carboxylic acids is 1. The van der Waals surface area contributed by atoms with Gasteiger partial charge in [-0.15, -0.1) is 0 Å². The van der Waals surface area contributed by atoms with Crippen LogP contribution in [0.25, 0.3) is 0 Å². The zero-order valence-electron chi connectivity index (χ0n) is 6.99. The van der Waals surface area contributed by atoms with Gasteiger partial charge in [0.25, 0.3) is 0 Å². The Hall–Kier alpha value is -0.290. The molecule has 1 aliphatic carbocycles. The Balaban J connectivity index is 2.86. The molecular weight excluding hydrogens is 216 g/mol. The Morgan fingerprint density at radius 3 is 2.15 bits per heavy atom. The van der Waals surface area contributed by atoms with Crippen LogP contribution < -0.4 is 0 Å². The van der Waals surface area contributed by atoms with E-state index in [0.29, 0.717) is 12.8 Å². The predicted molar refractivity (Wildman–Crippen MR) is 48.2 cm³/mol. The van der Waals surface area contributed by atoms with Gasteiger partial charge < -0.3 is 5.11 Å². The second kappa shape index (κ2) is 3.46. The van der Waals surface area contributed by atoms with E-state index in [2.05, 4.69) is 0 Å². The quantitative estimate of drug-likeness (QED) is 0.734. The van der Waals surface area contributed by atoms with Crippen molar-refractivity contribution in [2.45, 2.75) is 25.7 Å². The third-order valence-electron chi connectivity index (χ3n) is 2.46. The summed E-state index contributed by atoms with van der Waals surface area (Å²) in [4.78, 5) is 10.9. The molecule has 1 saturated carbocycles. The summed E-state index contributed by atoms with van der Waals surface area (Å²) in [6.07, 6.45) is 2.35. The van der Waals surface area contributed by atoms with Crippen LogP contribution in [-0.4, -0.2) is 25.2 Å². The SMILES string of the molecule is O=C(O)C1(CS(=O)(=O)Cl)CCCC1. The monoisotopic (exact) mass is 226 g/mol. The van der Waals surface area contributed by atoms with Crippen molar-refractivity contribution in [2.24, 2.45) is 5.41 Å². The molecule has 0 radical (unpaired) electrons. The number of hydrogen-bond acceptors (Lipinski definition) is 3. The van der Waals surface area contributed by atoms with Gasteiger partial charge in [-0.1, -0.05) is 12.8 Å². The zero-order chi connectivity index (χ0) is 10.1. The molecule has 0 saturated heterocycles. The maximum atomic E-state index is 10.9. The van der Waals surface area contributed by atoms with Crippen LogP contribution in [0.4, 0.5) is 0 Å². The zero-order valence-corrected chi connectivity index (χ0v) is 8.57.